The Hall–Kier alpha value is -5.22. The Morgan fingerprint density at radius 3 is 1.58 bits per heavy atom. The summed E-state index contributed by atoms with van der Waals surface area (Å²) in [6.07, 6.45) is 3.83. The second kappa shape index (κ2) is 8.15. The molecule has 8 aromatic rings. The van der Waals surface area contributed by atoms with Crippen LogP contribution in [0.1, 0.15) is 0 Å². The lowest BCUT2D eigenvalue weighted by Gasteiger charge is -2.09. The number of aromatic nitrogens is 4. The molecule has 0 radical (unpaired) electrons. The average molecular weight is 487 g/mol. The number of hydrogen-bond acceptors (Lipinski definition) is 2. The van der Waals surface area contributed by atoms with E-state index in [1.807, 2.05) is 30.6 Å². The van der Waals surface area contributed by atoms with Gasteiger partial charge in [-0.25, -0.2) is 9.97 Å². The van der Waals surface area contributed by atoms with Crippen LogP contribution in [0.15, 0.2) is 134 Å². The topological polar surface area (TPSA) is 35.6 Å². The van der Waals surface area contributed by atoms with Crippen molar-refractivity contribution in [1.29, 1.82) is 0 Å². The van der Waals surface area contributed by atoms with Gasteiger partial charge < -0.3 is 4.57 Å². The van der Waals surface area contributed by atoms with Crippen molar-refractivity contribution in [2.45, 2.75) is 0 Å². The Bertz CT molecular complexity index is 2100. The van der Waals surface area contributed by atoms with Gasteiger partial charge in [0.05, 0.1) is 22.1 Å². The molecule has 38 heavy (non-hydrogen) atoms. The first-order chi connectivity index (χ1) is 18.9. The molecule has 4 nitrogen and oxygen atoms in total. The fourth-order valence-electron chi connectivity index (χ4n) is 5.72. The van der Waals surface area contributed by atoms with E-state index in [1.54, 1.807) is 0 Å². The SMILES string of the molecule is c1ccc(-c2cnc(-n3c4ccccc4c4cc5c6ccccc6n(-c6ccccc6)c5cc43)nc2)cc1. The molecule has 0 aliphatic heterocycles. The molecule has 0 N–H and O–H groups in total. The maximum Gasteiger partial charge on any atom is 0.234 e. The van der Waals surface area contributed by atoms with Crippen LogP contribution >= 0.6 is 0 Å². The zero-order valence-corrected chi connectivity index (χ0v) is 20.5. The Kier molecular flexibility index (Phi) is 4.49. The molecule has 3 heterocycles. The van der Waals surface area contributed by atoms with Gasteiger partial charge in [-0.15, -0.1) is 0 Å². The first kappa shape index (κ1) is 20.9. The van der Waals surface area contributed by atoms with Gasteiger partial charge in [-0.3, -0.25) is 4.57 Å². The normalized spacial score (nSPS) is 11.7. The molecule has 0 saturated carbocycles. The van der Waals surface area contributed by atoms with E-state index in [4.69, 9.17) is 9.97 Å². The fraction of sp³-hybridized carbons (Fsp3) is 0. The minimum Gasteiger partial charge on any atom is -0.309 e. The minimum absolute atomic E-state index is 0.664. The lowest BCUT2D eigenvalue weighted by atomic mass is 10.1. The van der Waals surface area contributed by atoms with Crippen molar-refractivity contribution in [2.24, 2.45) is 0 Å². The average Bonchev–Trinajstić information content (AvgIpc) is 3.49. The predicted molar refractivity (Wildman–Crippen MR) is 156 cm³/mol. The molecule has 0 spiro atoms. The monoisotopic (exact) mass is 486 g/mol. The molecule has 0 aliphatic rings. The Morgan fingerprint density at radius 2 is 0.921 bits per heavy atom. The number of nitrogens with zero attached hydrogens (tertiary/aromatic N) is 4. The molecular weight excluding hydrogens is 464 g/mol. The first-order valence-corrected chi connectivity index (χ1v) is 12.8. The molecule has 0 amide bonds. The second-order valence-corrected chi connectivity index (χ2v) is 9.56. The van der Waals surface area contributed by atoms with E-state index >= 15 is 0 Å². The van der Waals surface area contributed by atoms with Crippen molar-refractivity contribution in [2.75, 3.05) is 0 Å². The smallest absolute Gasteiger partial charge is 0.234 e. The quantitative estimate of drug-likeness (QED) is 0.252. The molecule has 0 atom stereocenters. The highest BCUT2D eigenvalue weighted by molar-refractivity contribution is 6.19. The van der Waals surface area contributed by atoms with Gasteiger partial charge in [0.2, 0.25) is 5.95 Å². The van der Waals surface area contributed by atoms with Gasteiger partial charge in [0.1, 0.15) is 0 Å². The van der Waals surface area contributed by atoms with Crippen LogP contribution in [0.5, 0.6) is 0 Å². The summed E-state index contributed by atoms with van der Waals surface area (Å²) in [5, 5.41) is 4.87. The summed E-state index contributed by atoms with van der Waals surface area (Å²) in [5.41, 5.74) is 7.79. The van der Waals surface area contributed by atoms with Crippen LogP contribution in [0.3, 0.4) is 0 Å². The van der Waals surface area contributed by atoms with Gasteiger partial charge in [-0.05, 0) is 42.0 Å². The Morgan fingerprint density at radius 1 is 0.395 bits per heavy atom. The van der Waals surface area contributed by atoms with Crippen LogP contribution in [0, 0.1) is 0 Å². The molecule has 5 aromatic carbocycles. The maximum absolute atomic E-state index is 4.85. The van der Waals surface area contributed by atoms with E-state index < -0.39 is 0 Å². The second-order valence-electron chi connectivity index (χ2n) is 9.56. The third-order valence-corrected chi connectivity index (χ3v) is 7.43. The van der Waals surface area contributed by atoms with Gasteiger partial charge in [0.25, 0.3) is 0 Å². The van der Waals surface area contributed by atoms with Crippen molar-refractivity contribution in [3.8, 4) is 22.8 Å². The molecule has 3 aromatic heterocycles. The number of benzene rings is 5. The summed E-state index contributed by atoms with van der Waals surface area (Å²) in [7, 11) is 0. The van der Waals surface area contributed by atoms with E-state index in [-0.39, 0.29) is 0 Å². The summed E-state index contributed by atoms with van der Waals surface area (Å²) in [4.78, 5) is 9.69. The van der Waals surface area contributed by atoms with E-state index in [0.29, 0.717) is 5.95 Å². The van der Waals surface area contributed by atoms with E-state index in [9.17, 15) is 0 Å². The van der Waals surface area contributed by atoms with Gasteiger partial charge in [0.15, 0.2) is 0 Å². The molecule has 8 rings (SSSR count). The van der Waals surface area contributed by atoms with Crippen molar-refractivity contribution >= 4 is 43.6 Å². The summed E-state index contributed by atoms with van der Waals surface area (Å²) >= 11 is 0. The Labute approximate surface area is 219 Å². The molecule has 0 saturated heterocycles. The first-order valence-electron chi connectivity index (χ1n) is 12.8. The third-order valence-electron chi connectivity index (χ3n) is 7.43. The van der Waals surface area contributed by atoms with Crippen LogP contribution in [0.2, 0.25) is 0 Å². The zero-order chi connectivity index (χ0) is 25.1. The van der Waals surface area contributed by atoms with Crippen LogP contribution in [-0.4, -0.2) is 19.1 Å². The van der Waals surface area contributed by atoms with Gasteiger partial charge in [0, 0.05) is 45.2 Å². The molecule has 0 aliphatic carbocycles. The number of rotatable bonds is 3. The van der Waals surface area contributed by atoms with Crippen LogP contribution in [0.4, 0.5) is 0 Å². The molecule has 4 heteroatoms. The lowest BCUT2D eigenvalue weighted by Crippen LogP contribution is -2.01. The Balaban J connectivity index is 1.45. The zero-order valence-electron chi connectivity index (χ0n) is 20.5. The molecule has 0 unspecified atom stereocenters. The lowest BCUT2D eigenvalue weighted by molar-refractivity contribution is 0.990. The van der Waals surface area contributed by atoms with Crippen molar-refractivity contribution < 1.29 is 0 Å². The van der Waals surface area contributed by atoms with Crippen LogP contribution < -0.4 is 0 Å². The van der Waals surface area contributed by atoms with Gasteiger partial charge in [-0.2, -0.15) is 0 Å². The minimum atomic E-state index is 0.664. The molecular formula is C34H22N4. The molecule has 0 bridgehead atoms. The number of fused-ring (bicyclic) bond motifs is 6. The highest BCUT2D eigenvalue weighted by Crippen LogP contribution is 2.39. The van der Waals surface area contributed by atoms with E-state index in [1.165, 1.54) is 27.1 Å². The van der Waals surface area contributed by atoms with E-state index in [0.717, 1.165) is 33.4 Å². The number of para-hydroxylation sites is 3. The maximum atomic E-state index is 4.85. The van der Waals surface area contributed by atoms with Gasteiger partial charge in [-0.1, -0.05) is 84.9 Å². The van der Waals surface area contributed by atoms with E-state index in [2.05, 4.69) is 112 Å². The molecule has 0 fully saturated rings. The van der Waals surface area contributed by atoms with Crippen molar-refractivity contribution in [1.82, 2.24) is 19.1 Å². The fourth-order valence-corrected chi connectivity index (χ4v) is 5.72. The molecule has 178 valence electrons. The van der Waals surface area contributed by atoms with Crippen molar-refractivity contribution in [3.63, 3.8) is 0 Å². The highest BCUT2D eigenvalue weighted by atomic mass is 15.1. The van der Waals surface area contributed by atoms with Crippen LogP contribution in [0.25, 0.3) is 66.4 Å². The standard InChI is InChI=1S/C34H22N4/c1-3-11-23(12-4-1)24-21-35-34(36-22-24)38-31-18-10-8-16-27(31)29-19-28-26-15-7-9-17-30(26)37(32(28)20-33(29)38)25-13-5-2-6-14-25/h1-22H. The van der Waals surface area contributed by atoms with Crippen LogP contribution in [-0.2, 0) is 0 Å². The largest absolute Gasteiger partial charge is 0.309 e. The third kappa shape index (κ3) is 3.04. The highest BCUT2D eigenvalue weighted by Gasteiger charge is 2.19. The summed E-state index contributed by atoms with van der Waals surface area (Å²) in [6, 6.07) is 42.6. The van der Waals surface area contributed by atoms with Gasteiger partial charge >= 0.3 is 0 Å². The summed E-state index contributed by atoms with van der Waals surface area (Å²) < 4.78 is 4.54. The summed E-state index contributed by atoms with van der Waals surface area (Å²) in [5.74, 6) is 0.664. The predicted octanol–water partition coefficient (Wildman–Crippen LogP) is 8.34. The number of hydrogen-bond donors (Lipinski definition) is 0. The summed E-state index contributed by atoms with van der Waals surface area (Å²) in [6.45, 7) is 0. The van der Waals surface area contributed by atoms with Crippen molar-refractivity contribution in [3.05, 3.63) is 134 Å².